The Morgan fingerprint density at radius 1 is 1.50 bits per heavy atom. The number of hydrogen-bond acceptors (Lipinski definition) is 4. The van der Waals surface area contributed by atoms with Gasteiger partial charge in [-0.2, -0.15) is 0 Å². The van der Waals surface area contributed by atoms with Crippen LogP contribution in [0, 0.1) is 0 Å². The van der Waals surface area contributed by atoms with Crippen LogP contribution >= 0.6 is 0 Å². The van der Waals surface area contributed by atoms with Crippen molar-refractivity contribution >= 4 is 0 Å². The fourth-order valence-corrected chi connectivity index (χ4v) is 1.28. The molecule has 0 spiro atoms. The average Bonchev–Trinajstić information content (AvgIpc) is 2.20. The second-order valence-electron chi connectivity index (χ2n) is 3.04. The van der Waals surface area contributed by atoms with Gasteiger partial charge in [0.25, 0.3) is 0 Å². The first kappa shape index (κ1) is 11.0. The van der Waals surface area contributed by atoms with Crippen molar-refractivity contribution in [1.29, 1.82) is 0 Å². The molecular formula is C10H15NO3. The molecule has 4 N–H and O–H groups in total. The van der Waals surface area contributed by atoms with Crippen molar-refractivity contribution in [3.05, 3.63) is 29.3 Å². The SMILES string of the molecule is COCc1cccc(C(O)CN)c1O. The maximum atomic E-state index is 9.73. The summed E-state index contributed by atoms with van der Waals surface area (Å²) in [6, 6.07) is 5.14. The molecule has 14 heavy (non-hydrogen) atoms. The van der Waals surface area contributed by atoms with Crippen LogP contribution in [0.2, 0.25) is 0 Å². The Hall–Kier alpha value is -1.10. The van der Waals surface area contributed by atoms with Crippen LogP contribution in [0.3, 0.4) is 0 Å². The van der Waals surface area contributed by atoms with E-state index in [4.69, 9.17) is 10.5 Å². The first-order valence-corrected chi connectivity index (χ1v) is 4.38. The Morgan fingerprint density at radius 3 is 2.79 bits per heavy atom. The number of phenols is 1. The minimum Gasteiger partial charge on any atom is -0.507 e. The highest BCUT2D eigenvalue weighted by Gasteiger charge is 2.12. The molecule has 0 amide bonds. The molecule has 0 aliphatic rings. The normalized spacial score (nSPS) is 12.8. The molecule has 0 heterocycles. The summed E-state index contributed by atoms with van der Waals surface area (Å²) in [6.45, 7) is 0.404. The fraction of sp³-hybridized carbons (Fsp3) is 0.400. The van der Waals surface area contributed by atoms with Gasteiger partial charge in [0.2, 0.25) is 0 Å². The van der Waals surface area contributed by atoms with Gasteiger partial charge in [0, 0.05) is 24.8 Å². The number of benzene rings is 1. The van der Waals surface area contributed by atoms with Crippen LogP contribution in [-0.2, 0) is 11.3 Å². The molecule has 0 radical (unpaired) electrons. The van der Waals surface area contributed by atoms with Gasteiger partial charge in [-0.15, -0.1) is 0 Å². The average molecular weight is 197 g/mol. The number of methoxy groups -OCH3 is 1. The highest BCUT2D eigenvalue weighted by Crippen LogP contribution is 2.27. The van der Waals surface area contributed by atoms with Gasteiger partial charge in [0.15, 0.2) is 0 Å². The monoisotopic (exact) mass is 197 g/mol. The first-order valence-electron chi connectivity index (χ1n) is 4.38. The zero-order valence-corrected chi connectivity index (χ0v) is 8.10. The van der Waals surface area contributed by atoms with E-state index in [-0.39, 0.29) is 12.3 Å². The van der Waals surface area contributed by atoms with Gasteiger partial charge < -0.3 is 20.7 Å². The zero-order chi connectivity index (χ0) is 10.6. The van der Waals surface area contributed by atoms with Crippen LogP contribution in [0.15, 0.2) is 18.2 Å². The third kappa shape index (κ3) is 2.23. The maximum absolute atomic E-state index is 9.73. The van der Waals surface area contributed by atoms with Gasteiger partial charge >= 0.3 is 0 Å². The lowest BCUT2D eigenvalue weighted by Gasteiger charge is -2.12. The van der Waals surface area contributed by atoms with E-state index >= 15 is 0 Å². The van der Waals surface area contributed by atoms with E-state index < -0.39 is 6.10 Å². The molecule has 1 aromatic carbocycles. The van der Waals surface area contributed by atoms with Crippen molar-refractivity contribution in [2.24, 2.45) is 5.73 Å². The van der Waals surface area contributed by atoms with Crippen LogP contribution in [0.25, 0.3) is 0 Å². The van der Waals surface area contributed by atoms with Gasteiger partial charge in [0.1, 0.15) is 5.75 Å². The molecular weight excluding hydrogens is 182 g/mol. The molecule has 0 aliphatic heterocycles. The van der Waals surface area contributed by atoms with Gasteiger partial charge in [0.05, 0.1) is 12.7 Å². The number of phenolic OH excluding ortho intramolecular Hbond substituents is 1. The van der Waals surface area contributed by atoms with E-state index in [0.717, 1.165) is 0 Å². The van der Waals surface area contributed by atoms with Gasteiger partial charge in [-0.05, 0) is 0 Å². The van der Waals surface area contributed by atoms with E-state index in [9.17, 15) is 10.2 Å². The Morgan fingerprint density at radius 2 is 2.21 bits per heavy atom. The number of para-hydroxylation sites is 1. The summed E-state index contributed by atoms with van der Waals surface area (Å²) >= 11 is 0. The first-order chi connectivity index (χ1) is 6.70. The standard InChI is InChI=1S/C10H15NO3/c1-14-6-7-3-2-4-8(10(7)13)9(12)5-11/h2-4,9,12-13H,5-6,11H2,1H3. The summed E-state index contributed by atoms with van der Waals surface area (Å²) in [5, 5.41) is 19.2. The molecule has 1 atom stereocenters. The number of aliphatic hydroxyl groups excluding tert-OH is 1. The van der Waals surface area contributed by atoms with E-state index in [2.05, 4.69) is 0 Å². The predicted octanol–water partition coefficient (Wildman–Crippen LogP) is 0.531. The largest absolute Gasteiger partial charge is 0.507 e. The van der Waals surface area contributed by atoms with E-state index in [1.165, 1.54) is 0 Å². The van der Waals surface area contributed by atoms with Crippen LogP contribution < -0.4 is 5.73 Å². The zero-order valence-electron chi connectivity index (χ0n) is 8.10. The molecule has 78 valence electrons. The summed E-state index contributed by atoms with van der Waals surface area (Å²) < 4.78 is 4.90. The quantitative estimate of drug-likeness (QED) is 0.658. The third-order valence-corrected chi connectivity index (χ3v) is 2.03. The van der Waals surface area contributed by atoms with E-state index in [1.54, 1.807) is 25.3 Å². The van der Waals surface area contributed by atoms with E-state index in [0.29, 0.717) is 17.7 Å². The highest BCUT2D eigenvalue weighted by atomic mass is 16.5. The summed E-state index contributed by atoms with van der Waals surface area (Å²) in [6.07, 6.45) is -0.827. The molecule has 0 aliphatic carbocycles. The Balaban J connectivity index is 3.00. The van der Waals surface area contributed by atoms with Crippen molar-refractivity contribution < 1.29 is 14.9 Å². The number of rotatable bonds is 4. The van der Waals surface area contributed by atoms with E-state index in [1.807, 2.05) is 0 Å². The highest BCUT2D eigenvalue weighted by molar-refractivity contribution is 5.41. The number of ether oxygens (including phenoxy) is 1. The van der Waals surface area contributed by atoms with Crippen LogP contribution in [0.1, 0.15) is 17.2 Å². The van der Waals surface area contributed by atoms with Crippen LogP contribution in [-0.4, -0.2) is 23.9 Å². The smallest absolute Gasteiger partial charge is 0.126 e. The molecule has 1 aromatic rings. The summed E-state index contributed by atoms with van der Waals surface area (Å²) in [7, 11) is 1.55. The summed E-state index contributed by atoms with van der Waals surface area (Å²) in [5.74, 6) is 0.0623. The summed E-state index contributed by atoms with van der Waals surface area (Å²) in [4.78, 5) is 0. The van der Waals surface area contributed by atoms with Gasteiger partial charge in [-0.3, -0.25) is 0 Å². The lowest BCUT2D eigenvalue weighted by atomic mass is 10.0. The molecule has 0 saturated carbocycles. The Kier molecular flexibility index (Phi) is 3.88. The Bertz CT molecular complexity index is 301. The van der Waals surface area contributed by atoms with Gasteiger partial charge in [-0.25, -0.2) is 0 Å². The van der Waals surface area contributed by atoms with Crippen molar-refractivity contribution in [1.82, 2.24) is 0 Å². The van der Waals surface area contributed by atoms with Crippen LogP contribution in [0.5, 0.6) is 5.75 Å². The fourth-order valence-electron chi connectivity index (χ4n) is 1.28. The molecule has 1 rings (SSSR count). The molecule has 0 saturated heterocycles. The summed E-state index contributed by atoms with van der Waals surface area (Å²) in [5.41, 5.74) is 6.40. The minimum absolute atomic E-state index is 0.0623. The van der Waals surface area contributed by atoms with Crippen LogP contribution in [0.4, 0.5) is 0 Å². The maximum Gasteiger partial charge on any atom is 0.126 e. The molecule has 0 fully saturated rings. The molecule has 0 bridgehead atoms. The molecule has 1 unspecified atom stereocenters. The van der Waals surface area contributed by atoms with Crippen molar-refractivity contribution in [2.75, 3.05) is 13.7 Å². The molecule has 4 nitrogen and oxygen atoms in total. The molecule has 0 aromatic heterocycles. The minimum atomic E-state index is -0.827. The number of aliphatic hydroxyl groups is 1. The topological polar surface area (TPSA) is 75.7 Å². The number of aromatic hydroxyl groups is 1. The van der Waals surface area contributed by atoms with Gasteiger partial charge in [-0.1, -0.05) is 18.2 Å². The van der Waals surface area contributed by atoms with Crippen molar-refractivity contribution in [3.8, 4) is 5.75 Å². The lowest BCUT2D eigenvalue weighted by Crippen LogP contribution is -2.12. The third-order valence-electron chi connectivity index (χ3n) is 2.03. The molecule has 4 heteroatoms. The number of nitrogens with two attached hydrogens (primary N) is 1. The second kappa shape index (κ2) is 4.95. The second-order valence-corrected chi connectivity index (χ2v) is 3.04. The van der Waals surface area contributed by atoms with Crippen molar-refractivity contribution in [2.45, 2.75) is 12.7 Å². The Labute approximate surface area is 82.9 Å². The predicted molar refractivity (Wildman–Crippen MR) is 52.8 cm³/mol. The number of hydrogen-bond donors (Lipinski definition) is 3. The lowest BCUT2D eigenvalue weighted by molar-refractivity contribution is 0.173. The van der Waals surface area contributed by atoms with Crippen molar-refractivity contribution in [3.63, 3.8) is 0 Å².